The molecule has 1 aliphatic heterocycles. The van der Waals surface area contributed by atoms with Gasteiger partial charge in [0.1, 0.15) is 18.5 Å². The Hall–Kier alpha value is -0.230. The van der Waals surface area contributed by atoms with Gasteiger partial charge in [-0.2, -0.15) is 0 Å². The Bertz CT molecular complexity index is 453. The second-order valence-corrected chi connectivity index (χ2v) is 5.93. The Kier molecular flexibility index (Phi) is 6.20. The van der Waals surface area contributed by atoms with Crippen LogP contribution in [0.3, 0.4) is 0 Å². The molecule has 2 N–H and O–H groups in total. The Balaban J connectivity index is 1.83. The maximum atomic E-state index is 9.99. The summed E-state index contributed by atoms with van der Waals surface area (Å²) in [5, 5.41) is 14.4. The summed E-state index contributed by atoms with van der Waals surface area (Å²) in [6.07, 6.45) is -0.571. The normalized spacial score (nSPS) is 18.0. The molecular weight excluding hydrogens is 323 g/mol. The number of nitrogens with zero attached hydrogens (tertiary/aromatic N) is 1. The van der Waals surface area contributed by atoms with Crippen molar-refractivity contribution in [3.05, 3.63) is 27.2 Å². The van der Waals surface area contributed by atoms with E-state index >= 15 is 0 Å². The molecule has 20 heavy (non-hydrogen) atoms. The average Bonchev–Trinajstić information content (AvgIpc) is 2.42. The van der Waals surface area contributed by atoms with Gasteiger partial charge in [-0.15, -0.1) is 0 Å². The number of benzene rings is 1. The predicted molar refractivity (Wildman–Crippen MR) is 82.3 cm³/mol. The second-order valence-electron chi connectivity index (χ2n) is 4.71. The smallest absolute Gasteiger partial charge is 0.139 e. The van der Waals surface area contributed by atoms with Gasteiger partial charge in [0.05, 0.1) is 15.1 Å². The number of hydrogen-bond donors (Lipinski definition) is 2. The first-order valence-electron chi connectivity index (χ1n) is 6.44. The largest absolute Gasteiger partial charge is 0.489 e. The number of hydrogen-bond acceptors (Lipinski definition) is 4. The number of rotatable bonds is 5. The maximum absolute atomic E-state index is 9.99. The molecule has 1 aliphatic rings. The number of aliphatic hydroxyl groups is 1. The fraction of sp³-hybridized carbons (Fsp3) is 0.538. The van der Waals surface area contributed by atoms with Gasteiger partial charge in [-0.3, -0.25) is 4.90 Å². The fourth-order valence-electron chi connectivity index (χ4n) is 2.05. The van der Waals surface area contributed by atoms with E-state index in [9.17, 15) is 5.11 Å². The van der Waals surface area contributed by atoms with Gasteiger partial charge in [0.2, 0.25) is 0 Å². The second kappa shape index (κ2) is 7.69. The Morgan fingerprint density at radius 3 is 2.50 bits per heavy atom. The minimum Gasteiger partial charge on any atom is -0.489 e. The zero-order valence-electron chi connectivity index (χ0n) is 10.9. The molecule has 0 radical (unpaired) electrons. The van der Waals surface area contributed by atoms with E-state index in [2.05, 4.69) is 10.2 Å². The lowest BCUT2D eigenvalue weighted by atomic mass is 10.3. The Morgan fingerprint density at radius 2 is 1.80 bits per heavy atom. The van der Waals surface area contributed by atoms with Crippen LogP contribution < -0.4 is 10.1 Å². The van der Waals surface area contributed by atoms with E-state index in [4.69, 9.17) is 39.5 Å². The minimum absolute atomic E-state index is 0.168. The summed E-state index contributed by atoms with van der Waals surface area (Å²) in [5.74, 6) is 0.431. The molecule has 1 heterocycles. The van der Waals surface area contributed by atoms with Crippen molar-refractivity contribution in [1.82, 2.24) is 10.2 Å². The first-order chi connectivity index (χ1) is 9.56. The molecule has 0 amide bonds. The number of ether oxygens (including phenoxy) is 1. The Labute approximate surface area is 133 Å². The first-order valence-corrected chi connectivity index (χ1v) is 7.58. The van der Waals surface area contributed by atoms with Crippen LogP contribution in [0.4, 0.5) is 0 Å². The van der Waals surface area contributed by atoms with E-state index in [1.807, 2.05) is 0 Å². The van der Waals surface area contributed by atoms with E-state index in [-0.39, 0.29) is 6.61 Å². The highest BCUT2D eigenvalue weighted by Gasteiger charge is 2.15. The molecule has 0 aliphatic carbocycles. The van der Waals surface area contributed by atoms with Gasteiger partial charge in [-0.05, 0) is 6.07 Å². The van der Waals surface area contributed by atoms with E-state index in [1.54, 1.807) is 6.07 Å². The summed E-state index contributed by atoms with van der Waals surface area (Å²) in [6, 6.07) is 3.09. The predicted octanol–water partition coefficient (Wildman–Crippen LogP) is 2.29. The highest BCUT2D eigenvalue weighted by molar-refractivity contribution is 6.43. The summed E-state index contributed by atoms with van der Waals surface area (Å²) < 4.78 is 5.51. The molecule has 1 aromatic carbocycles. The molecule has 1 atom stereocenters. The molecule has 0 bridgehead atoms. The van der Waals surface area contributed by atoms with Gasteiger partial charge in [-0.1, -0.05) is 34.8 Å². The van der Waals surface area contributed by atoms with Gasteiger partial charge < -0.3 is 15.2 Å². The lowest BCUT2D eigenvalue weighted by Gasteiger charge is -2.29. The molecular formula is C13H17Cl3N2O2. The quantitative estimate of drug-likeness (QED) is 0.808. The van der Waals surface area contributed by atoms with E-state index in [1.165, 1.54) is 6.07 Å². The maximum Gasteiger partial charge on any atom is 0.139 e. The van der Waals surface area contributed by atoms with Crippen molar-refractivity contribution in [2.45, 2.75) is 6.10 Å². The summed E-state index contributed by atoms with van der Waals surface area (Å²) in [5.41, 5.74) is 0. The molecule has 2 rings (SSSR count). The summed E-state index contributed by atoms with van der Waals surface area (Å²) >= 11 is 17.8. The summed E-state index contributed by atoms with van der Waals surface area (Å²) in [7, 11) is 0. The molecule has 112 valence electrons. The number of piperazine rings is 1. The summed E-state index contributed by atoms with van der Waals surface area (Å²) in [6.45, 7) is 4.52. The standard InChI is InChI=1S/C13H17Cl3N2O2/c14-10-5-12(16)13(6-11(10)15)20-8-9(19)7-18-3-1-17-2-4-18/h5-6,9,17,19H,1-4,7-8H2. The van der Waals surface area contributed by atoms with Gasteiger partial charge in [0.15, 0.2) is 0 Å². The molecule has 1 aromatic rings. The molecule has 7 heteroatoms. The van der Waals surface area contributed by atoms with Crippen LogP contribution in [0.1, 0.15) is 0 Å². The van der Waals surface area contributed by atoms with Crippen LogP contribution in [0.2, 0.25) is 15.1 Å². The third kappa shape index (κ3) is 4.65. The molecule has 1 fully saturated rings. The van der Waals surface area contributed by atoms with Crippen molar-refractivity contribution in [2.24, 2.45) is 0 Å². The lowest BCUT2D eigenvalue weighted by Crippen LogP contribution is -2.47. The van der Waals surface area contributed by atoms with Crippen LogP contribution in [-0.2, 0) is 0 Å². The molecule has 0 aromatic heterocycles. The van der Waals surface area contributed by atoms with Crippen LogP contribution in [0, 0.1) is 0 Å². The SMILES string of the molecule is OC(COc1cc(Cl)c(Cl)cc1Cl)CN1CCNCC1. The zero-order valence-corrected chi connectivity index (χ0v) is 13.2. The van der Waals surface area contributed by atoms with Crippen LogP contribution in [0.5, 0.6) is 5.75 Å². The van der Waals surface area contributed by atoms with Crippen molar-refractivity contribution in [1.29, 1.82) is 0 Å². The van der Waals surface area contributed by atoms with Gasteiger partial charge in [0, 0.05) is 38.8 Å². The molecule has 0 spiro atoms. The third-order valence-corrected chi connectivity index (χ3v) is 4.10. The van der Waals surface area contributed by atoms with Crippen LogP contribution in [0.15, 0.2) is 12.1 Å². The van der Waals surface area contributed by atoms with Crippen molar-refractivity contribution in [3.8, 4) is 5.75 Å². The fourth-order valence-corrected chi connectivity index (χ4v) is 2.64. The molecule has 1 unspecified atom stereocenters. The van der Waals surface area contributed by atoms with Crippen LogP contribution in [-0.4, -0.2) is 55.4 Å². The summed E-state index contributed by atoms with van der Waals surface area (Å²) in [4.78, 5) is 2.20. The average molecular weight is 340 g/mol. The monoisotopic (exact) mass is 338 g/mol. The van der Waals surface area contributed by atoms with Crippen molar-refractivity contribution in [2.75, 3.05) is 39.3 Å². The number of nitrogens with one attached hydrogen (secondary N) is 1. The third-order valence-electron chi connectivity index (χ3n) is 3.08. The Morgan fingerprint density at radius 1 is 1.15 bits per heavy atom. The van der Waals surface area contributed by atoms with E-state index in [0.717, 1.165) is 26.2 Å². The molecule has 1 saturated heterocycles. The van der Waals surface area contributed by atoms with Crippen LogP contribution >= 0.6 is 34.8 Å². The van der Waals surface area contributed by atoms with Crippen molar-refractivity contribution in [3.63, 3.8) is 0 Å². The lowest BCUT2D eigenvalue weighted by molar-refractivity contribution is 0.0642. The van der Waals surface area contributed by atoms with Gasteiger partial charge in [-0.25, -0.2) is 0 Å². The van der Waals surface area contributed by atoms with Gasteiger partial charge in [0.25, 0.3) is 0 Å². The topological polar surface area (TPSA) is 44.7 Å². The number of aliphatic hydroxyl groups excluding tert-OH is 1. The molecule has 4 nitrogen and oxygen atoms in total. The zero-order chi connectivity index (χ0) is 14.5. The van der Waals surface area contributed by atoms with Crippen molar-refractivity contribution < 1.29 is 9.84 Å². The number of β-amino-alcohol motifs (C(OH)–C–C–N with tert-alkyl or cyclic N) is 1. The van der Waals surface area contributed by atoms with Gasteiger partial charge >= 0.3 is 0 Å². The number of halogens is 3. The van der Waals surface area contributed by atoms with E-state index in [0.29, 0.717) is 27.4 Å². The van der Waals surface area contributed by atoms with E-state index < -0.39 is 6.10 Å². The minimum atomic E-state index is -0.571. The molecule has 0 saturated carbocycles. The van der Waals surface area contributed by atoms with Crippen LogP contribution in [0.25, 0.3) is 0 Å². The van der Waals surface area contributed by atoms with Crippen molar-refractivity contribution >= 4 is 34.8 Å². The highest BCUT2D eigenvalue weighted by atomic mass is 35.5. The highest BCUT2D eigenvalue weighted by Crippen LogP contribution is 2.33. The first kappa shape index (κ1) is 16.1.